The molecule has 0 amide bonds. The number of hydrogen-bond acceptors (Lipinski definition) is 3. The Morgan fingerprint density at radius 3 is 2.60 bits per heavy atom. The first-order valence-electron chi connectivity index (χ1n) is 5.04. The van der Waals surface area contributed by atoms with Crippen molar-refractivity contribution in [2.75, 3.05) is 12.3 Å². The Balaban J connectivity index is 2.60. The van der Waals surface area contributed by atoms with Crippen LogP contribution >= 0.6 is 0 Å². The maximum atomic E-state index is 11.6. The average molecular weight is 235 g/mol. The average Bonchev–Trinajstić information content (AvgIpc) is 2.35. The number of sulfonamides is 1. The van der Waals surface area contributed by atoms with Gasteiger partial charge in [0.25, 0.3) is 0 Å². The largest absolute Gasteiger partial charge is 0.481 e. The summed E-state index contributed by atoms with van der Waals surface area (Å²) in [6.45, 7) is 4.17. The number of rotatable bonds is 4. The highest BCUT2D eigenvalue weighted by atomic mass is 32.2. The van der Waals surface area contributed by atoms with Gasteiger partial charge in [-0.1, -0.05) is 6.92 Å². The Hall–Kier alpha value is -0.620. The second-order valence-electron chi connectivity index (χ2n) is 4.23. The lowest BCUT2D eigenvalue weighted by molar-refractivity contribution is -0.137. The lowest BCUT2D eigenvalue weighted by atomic mass is 10.1. The fourth-order valence-electron chi connectivity index (χ4n) is 1.86. The molecule has 2 unspecified atom stereocenters. The van der Waals surface area contributed by atoms with Gasteiger partial charge >= 0.3 is 5.97 Å². The lowest BCUT2D eigenvalue weighted by Gasteiger charge is -2.22. The lowest BCUT2D eigenvalue weighted by Crippen LogP contribution is -2.35. The van der Waals surface area contributed by atoms with Crippen molar-refractivity contribution in [2.24, 2.45) is 5.92 Å². The van der Waals surface area contributed by atoms with E-state index in [0.717, 1.165) is 0 Å². The summed E-state index contributed by atoms with van der Waals surface area (Å²) in [7, 11) is -3.14. The summed E-state index contributed by atoms with van der Waals surface area (Å²) in [6, 6.07) is -0.212. The Bertz CT molecular complexity index is 338. The maximum Gasteiger partial charge on any atom is 0.303 e. The van der Waals surface area contributed by atoms with Crippen molar-refractivity contribution < 1.29 is 18.3 Å². The fraction of sp³-hybridized carbons (Fsp3) is 0.889. The minimum atomic E-state index is -3.14. The van der Waals surface area contributed by atoms with E-state index < -0.39 is 16.0 Å². The summed E-state index contributed by atoms with van der Waals surface area (Å²) in [4.78, 5) is 10.4. The van der Waals surface area contributed by atoms with Crippen LogP contribution in [0.25, 0.3) is 0 Å². The first kappa shape index (κ1) is 12.4. The van der Waals surface area contributed by atoms with E-state index in [1.165, 1.54) is 4.31 Å². The Kier molecular flexibility index (Phi) is 3.72. The van der Waals surface area contributed by atoms with Crippen molar-refractivity contribution in [1.82, 2.24) is 4.31 Å². The minimum Gasteiger partial charge on any atom is -0.481 e. The number of carboxylic acid groups (broad SMARTS) is 1. The van der Waals surface area contributed by atoms with Gasteiger partial charge in [0.15, 0.2) is 0 Å². The molecule has 0 bridgehead atoms. The van der Waals surface area contributed by atoms with E-state index in [1.54, 1.807) is 6.92 Å². The van der Waals surface area contributed by atoms with Crippen LogP contribution in [0.15, 0.2) is 0 Å². The molecule has 0 spiro atoms. The molecule has 5 nitrogen and oxygen atoms in total. The minimum absolute atomic E-state index is 0.0154. The molecule has 0 aromatic carbocycles. The molecule has 0 aliphatic carbocycles. The van der Waals surface area contributed by atoms with Crippen LogP contribution < -0.4 is 0 Å². The Morgan fingerprint density at radius 1 is 1.60 bits per heavy atom. The molecule has 1 rings (SSSR count). The van der Waals surface area contributed by atoms with E-state index in [9.17, 15) is 13.2 Å². The molecule has 6 heteroatoms. The van der Waals surface area contributed by atoms with Crippen molar-refractivity contribution in [2.45, 2.75) is 32.7 Å². The molecule has 0 aromatic heterocycles. The van der Waals surface area contributed by atoms with E-state index in [0.29, 0.717) is 13.0 Å². The molecular formula is C9H17NO4S. The molecule has 1 heterocycles. The summed E-state index contributed by atoms with van der Waals surface area (Å²) in [5.74, 6) is -0.557. The van der Waals surface area contributed by atoms with Crippen LogP contribution in [0.4, 0.5) is 0 Å². The molecule has 1 fully saturated rings. The van der Waals surface area contributed by atoms with Crippen molar-refractivity contribution in [3.63, 3.8) is 0 Å². The van der Waals surface area contributed by atoms with Crippen LogP contribution in [0, 0.1) is 5.92 Å². The van der Waals surface area contributed by atoms with Gasteiger partial charge < -0.3 is 5.11 Å². The van der Waals surface area contributed by atoms with Gasteiger partial charge in [-0.05, 0) is 19.3 Å². The number of hydrogen-bond donors (Lipinski definition) is 1. The summed E-state index contributed by atoms with van der Waals surface area (Å²) in [6.07, 6.45) is 0.392. The van der Waals surface area contributed by atoms with Crippen molar-refractivity contribution in [3.8, 4) is 0 Å². The molecule has 1 aliphatic heterocycles. The van der Waals surface area contributed by atoms with E-state index in [1.807, 2.05) is 6.92 Å². The molecule has 0 saturated carbocycles. The first-order valence-corrected chi connectivity index (χ1v) is 6.65. The SMILES string of the molecule is CC1CN(C(C)CCC(=O)O)S(=O)(=O)C1. The Labute approximate surface area is 90.1 Å². The second kappa shape index (κ2) is 4.49. The smallest absolute Gasteiger partial charge is 0.303 e. The van der Waals surface area contributed by atoms with Crippen molar-refractivity contribution >= 4 is 16.0 Å². The molecule has 1 saturated heterocycles. The Morgan fingerprint density at radius 2 is 2.20 bits per heavy atom. The second-order valence-corrected chi connectivity index (χ2v) is 6.20. The molecule has 1 aliphatic rings. The number of aliphatic carboxylic acids is 1. The maximum absolute atomic E-state index is 11.6. The fourth-order valence-corrected chi connectivity index (χ4v) is 4.01. The summed E-state index contributed by atoms with van der Waals surface area (Å²) in [5, 5.41) is 8.52. The van der Waals surface area contributed by atoms with Gasteiger partial charge in [-0.25, -0.2) is 8.42 Å². The molecule has 0 aromatic rings. The molecule has 0 radical (unpaired) electrons. The first-order chi connectivity index (χ1) is 6.83. The molecular weight excluding hydrogens is 218 g/mol. The van der Waals surface area contributed by atoms with Crippen LogP contribution in [0.3, 0.4) is 0 Å². The summed E-state index contributed by atoms with van der Waals surface area (Å²) in [5.41, 5.74) is 0. The normalized spacial score (nSPS) is 27.7. The zero-order chi connectivity index (χ0) is 11.6. The number of carbonyl (C=O) groups is 1. The van der Waals surface area contributed by atoms with Gasteiger partial charge in [-0.2, -0.15) is 4.31 Å². The third kappa shape index (κ3) is 3.17. The van der Waals surface area contributed by atoms with Crippen LogP contribution in [-0.4, -0.2) is 42.1 Å². The highest BCUT2D eigenvalue weighted by Crippen LogP contribution is 2.23. The van der Waals surface area contributed by atoms with Gasteiger partial charge in [0.2, 0.25) is 10.0 Å². The molecule has 88 valence electrons. The number of nitrogens with zero attached hydrogens (tertiary/aromatic N) is 1. The van der Waals surface area contributed by atoms with E-state index in [-0.39, 0.29) is 24.1 Å². The monoisotopic (exact) mass is 235 g/mol. The summed E-state index contributed by atoms with van der Waals surface area (Å²) < 4.78 is 24.7. The van der Waals surface area contributed by atoms with Crippen molar-refractivity contribution in [1.29, 1.82) is 0 Å². The third-order valence-corrected chi connectivity index (χ3v) is 4.83. The standard InChI is InChI=1S/C9H17NO4S/c1-7-5-10(15(13,14)6-7)8(2)3-4-9(11)12/h7-8H,3-6H2,1-2H3,(H,11,12). The zero-order valence-corrected chi connectivity index (χ0v) is 9.83. The van der Waals surface area contributed by atoms with Crippen LogP contribution in [0.1, 0.15) is 26.7 Å². The van der Waals surface area contributed by atoms with Crippen LogP contribution in [-0.2, 0) is 14.8 Å². The molecule has 2 atom stereocenters. The van der Waals surface area contributed by atoms with Gasteiger partial charge in [0.05, 0.1) is 5.75 Å². The van der Waals surface area contributed by atoms with Crippen LogP contribution in [0.2, 0.25) is 0 Å². The van der Waals surface area contributed by atoms with Crippen molar-refractivity contribution in [3.05, 3.63) is 0 Å². The quantitative estimate of drug-likeness (QED) is 0.771. The van der Waals surface area contributed by atoms with E-state index in [4.69, 9.17) is 5.11 Å². The zero-order valence-electron chi connectivity index (χ0n) is 9.01. The van der Waals surface area contributed by atoms with E-state index >= 15 is 0 Å². The predicted octanol–water partition coefficient (Wildman–Crippen LogP) is 0.521. The van der Waals surface area contributed by atoms with Gasteiger partial charge in [-0.3, -0.25) is 4.79 Å². The van der Waals surface area contributed by atoms with Gasteiger partial charge in [0.1, 0.15) is 0 Å². The predicted molar refractivity (Wildman–Crippen MR) is 56.0 cm³/mol. The van der Waals surface area contributed by atoms with Gasteiger partial charge in [-0.15, -0.1) is 0 Å². The number of carboxylic acids is 1. The molecule has 15 heavy (non-hydrogen) atoms. The highest BCUT2D eigenvalue weighted by Gasteiger charge is 2.36. The summed E-state index contributed by atoms with van der Waals surface area (Å²) >= 11 is 0. The van der Waals surface area contributed by atoms with Crippen LogP contribution in [0.5, 0.6) is 0 Å². The molecule has 1 N–H and O–H groups in total. The highest BCUT2D eigenvalue weighted by molar-refractivity contribution is 7.89. The third-order valence-electron chi connectivity index (χ3n) is 2.61. The van der Waals surface area contributed by atoms with Gasteiger partial charge in [0, 0.05) is 19.0 Å². The van der Waals surface area contributed by atoms with E-state index in [2.05, 4.69) is 0 Å². The topological polar surface area (TPSA) is 74.7 Å².